The topological polar surface area (TPSA) is 52.6 Å². The minimum Gasteiger partial charge on any atom is -0.461 e. The van der Waals surface area contributed by atoms with Crippen molar-refractivity contribution in [1.29, 1.82) is 0 Å². The van der Waals surface area contributed by atoms with Crippen molar-refractivity contribution < 1.29 is 19.1 Å². The van der Waals surface area contributed by atoms with E-state index in [1.807, 2.05) is 55.5 Å². The fourth-order valence-corrected chi connectivity index (χ4v) is 4.55. The zero-order valence-electron chi connectivity index (χ0n) is 22.8. The molecule has 4 nitrogen and oxygen atoms in total. The molecule has 3 aromatic rings. The summed E-state index contributed by atoms with van der Waals surface area (Å²) in [4.78, 5) is 24.8. The highest BCUT2D eigenvalue weighted by Gasteiger charge is 2.13. The van der Waals surface area contributed by atoms with Crippen molar-refractivity contribution in [3.63, 3.8) is 0 Å². The molecule has 0 aliphatic heterocycles. The molecular formula is C33H39ClO4. The Labute approximate surface area is 232 Å². The van der Waals surface area contributed by atoms with Crippen LogP contribution in [0.5, 0.6) is 0 Å². The van der Waals surface area contributed by atoms with Crippen LogP contribution in [0, 0.1) is 0 Å². The van der Waals surface area contributed by atoms with E-state index < -0.39 is 0 Å². The predicted molar refractivity (Wildman–Crippen MR) is 156 cm³/mol. The molecule has 0 spiro atoms. The molecule has 0 radical (unpaired) electrons. The van der Waals surface area contributed by atoms with Crippen molar-refractivity contribution in [2.24, 2.45) is 0 Å². The van der Waals surface area contributed by atoms with Crippen LogP contribution in [0.1, 0.15) is 86.4 Å². The normalized spacial score (nSPS) is 12.5. The van der Waals surface area contributed by atoms with Crippen LogP contribution in [0.15, 0.2) is 72.8 Å². The number of ether oxygens (including phenoxy) is 2. The fourth-order valence-electron chi connectivity index (χ4n) is 4.27. The third kappa shape index (κ3) is 9.02. The van der Waals surface area contributed by atoms with Gasteiger partial charge in [0.05, 0.1) is 22.6 Å². The van der Waals surface area contributed by atoms with Crippen molar-refractivity contribution in [3.05, 3.63) is 83.9 Å². The number of hydrogen-bond acceptors (Lipinski definition) is 4. The van der Waals surface area contributed by atoms with Gasteiger partial charge < -0.3 is 9.47 Å². The number of esters is 2. The van der Waals surface area contributed by atoms with Crippen molar-refractivity contribution in [2.75, 3.05) is 6.61 Å². The van der Waals surface area contributed by atoms with Gasteiger partial charge in [-0.3, -0.25) is 0 Å². The molecule has 38 heavy (non-hydrogen) atoms. The van der Waals surface area contributed by atoms with Gasteiger partial charge in [-0.2, -0.15) is 0 Å². The third-order valence-electron chi connectivity index (χ3n) is 6.56. The highest BCUT2D eigenvalue weighted by atomic mass is 35.5. The Balaban J connectivity index is 1.55. The number of carbonyl (C=O) groups excluding carboxylic acids is 2. The average molecular weight is 535 g/mol. The number of rotatable bonds is 14. The van der Waals surface area contributed by atoms with Crippen molar-refractivity contribution in [2.45, 2.75) is 77.2 Å². The molecular weight excluding hydrogens is 496 g/mol. The molecule has 0 heterocycles. The summed E-state index contributed by atoms with van der Waals surface area (Å²) in [6.07, 6.45) is 7.29. The monoisotopic (exact) mass is 534 g/mol. The number of hydrogen-bond donors (Lipinski definition) is 0. The summed E-state index contributed by atoms with van der Waals surface area (Å²) in [5, 5.41) is -0.152. The average Bonchev–Trinajstić information content (AvgIpc) is 2.94. The van der Waals surface area contributed by atoms with Crippen LogP contribution < -0.4 is 0 Å². The molecule has 0 aromatic heterocycles. The van der Waals surface area contributed by atoms with E-state index in [0.29, 0.717) is 11.1 Å². The Morgan fingerprint density at radius 2 is 1.13 bits per heavy atom. The molecule has 0 aliphatic rings. The molecule has 3 rings (SSSR count). The Kier molecular flexibility index (Phi) is 11.9. The highest BCUT2D eigenvalue weighted by Crippen LogP contribution is 2.26. The minimum atomic E-state index is -0.359. The summed E-state index contributed by atoms with van der Waals surface area (Å²) in [7, 11) is 0. The Morgan fingerprint density at radius 1 is 0.658 bits per heavy atom. The number of alkyl halides is 1. The lowest BCUT2D eigenvalue weighted by molar-refractivity contribution is 0.0319. The Bertz CT molecular complexity index is 1140. The second-order valence-corrected chi connectivity index (χ2v) is 10.4. The van der Waals surface area contributed by atoms with Crippen LogP contribution >= 0.6 is 11.6 Å². The highest BCUT2D eigenvalue weighted by molar-refractivity contribution is 6.20. The molecule has 5 heteroatoms. The lowest BCUT2D eigenvalue weighted by Gasteiger charge is -2.13. The van der Waals surface area contributed by atoms with Gasteiger partial charge in [-0.25, -0.2) is 9.59 Å². The number of carbonyl (C=O) groups is 2. The van der Waals surface area contributed by atoms with E-state index in [2.05, 4.69) is 26.0 Å². The van der Waals surface area contributed by atoms with E-state index in [-0.39, 0.29) is 30.0 Å². The van der Waals surface area contributed by atoms with Gasteiger partial charge in [0.15, 0.2) is 0 Å². The standard InChI is InChI=1S/C33H39ClO4/c1-4-6-7-8-10-24(3)38-33(36)30-21-17-28(18-22-30)26-13-11-25(12-14-26)27-15-19-29(20-16-27)32(35)37-23-31(34)9-5-2/h11-22,24,31H,4-10,23H2,1-3H3/t24-,31+/m1/s1. The lowest BCUT2D eigenvalue weighted by Crippen LogP contribution is -2.15. The molecule has 2 atom stereocenters. The third-order valence-corrected chi connectivity index (χ3v) is 6.91. The SMILES string of the molecule is CCCCCC[C@@H](C)OC(=O)c1ccc(-c2ccc(-c3ccc(C(=O)OC[C@@H](Cl)CCC)cc3)cc2)cc1. The van der Waals surface area contributed by atoms with E-state index in [1.54, 1.807) is 12.1 Å². The van der Waals surface area contributed by atoms with E-state index in [0.717, 1.165) is 47.9 Å². The zero-order valence-corrected chi connectivity index (χ0v) is 23.5. The molecule has 0 fully saturated rings. The molecule has 0 amide bonds. The van der Waals surface area contributed by atoms with E-state index in [1.165, 1.54) is 19.3 Å². The first kappa shape index (κ1) is 29.4. The maximum Gasteiger partial charge on any atom is 0.338 e. The molecule has 0 saturated carbocycles. The van der Waals surface area contributed by atoms with Gasteiger partial charge in [0, 0.05) is 0 Å². The molecule has 0 N–H and O–H groups in total. The summed E-state index contributed by atoms with van der Waals surface area (Å²) in [6.45, 7) is 6.42. The van der Waals surface area contributed by atoms with Crippen LogP contribution in [0.2, 0.25) is 0 Å². The molecule has 0 bridgehead atoms. The second-order valence-electron chi connectivity index (χ2n) is 9.78. The zero-order chi connectivity index (χ0) is 27.3. The smallest absolute Gasteiger partial charge is 0.338 e. The van der Waals surface area contributed by atoms with Crippen LogP contribution in [0.25, 0.3) is 22.3 Å². The minimum absolute atomic E-state index is 0.0740. The molecule has 0 unspecified atom stereocenters. The van der Waals surface area contributed by atoms with Gasteiger partial charge in [0.1, 0.15) is 6.61 Å². The van der Waals surface area contributed by atoms with Gasteiger partial charge in [-0.1, -0.05) is 88.1 Å². The van der Waals surface area contributed by atoms with E-state index in [4.69, 9.17) is 21.1 Å². The van der Waals surface area contributed by atoms with Crippen LogP contribution in [0.4, 0.5) is 0 Å². The largest absolute Gasteiger partial charge is 0.461 e. The number of halogens is 1. The summed E-state index contributed by atoms with van der Waals surface area (Å²) < 4.78 is 10.9. The number of unbranched alkanes of at least 4 members (excludes halogenated alkanes) is 3. The van der Waals surface area contributed by atoms with E-state index in [9.17, 15) is 9.59 Å². The molecule has 0 aliphatic carbocycles. The van der Waals surface area contributed by atoms with Crippen LogP contribution in [-0.2, 0) is 9.47 Å². The summed E-state index contributed by atoms with van der Waals surface area (Å²) in [5.41, 5.74) is 5.22. The first-order chi connectivity index (χ1) is 18.4. The number of benzene rings is 3. The van der Waals surface area contributed by atoms with Crippen molar-refractivity contribution in [3.8, 4) is 22.3 Å². The van der Waals surface area contributed by atoms with Crippen molar-refractivity contribution >= 4 is 23.5 Å². The van der Waals surface area contributed by atoms with Crippen molar-refractivity contribution in [1.82, 2.24) is 0 Å². The summed E-state index contributed by atoms with van der Waals surface area (Å²) in [5.74, 6) is -0.631. The van der Waals surface area contributed by atoms with E-state index >= 15 is 0 Å². The fraction of sp³-hybridized carbons (Fsp3) is 0.394. The van der Waals surface area contributed by atoms with Crippen LogP contribution in [0.3, 0.4) is 0 Å². The van der Waals surface area contributed by atoms with Gasteiger partial charge >= 0.3 is 11.9 Å². The predicted octanol–water partition coefficient (Wildman–Crippen LogP) is 9.10. The van der Waals surface area contributed by atoms with Gasteiger partial charge in [0.2, 0.25) is 0 Å². The quantitative estimate of drug-likeness (QED) is 0.117. The maximum absolute atomic E-state index is 12.5. The first-order valence-electron chi connectivity index (χ1n) is 13.7. The molecule has 202 valence electrons. The Hall–Kier alpha value is -3.11. The second kappa shape index (κ2) is 15.3. The first-order valence-corrected chi connectivity index (χ1v) is 14.2. The van der Waals surface area contributed by atoms with Gasteiger partial charge in [-0.05, 0) is 72.7 Å². The van der Waals surface area contributed by atoms with Crippen LogP contribution in [-0.4, -0.2) is 30.0 Å². The van der Waals surface area contributed by atoms with Gasteiger partial charge in [-0.15, -0.1) is 11.6 Å². The lowest BCUT2D eigenvalue weighted by atomic mass is 9.99. The maximum atomic E-state index is 12.5. The summed E-state index contributed by atoms with van der Waals surface area (Å²) >= 11 is 6.14. The molecule has 3 aromatic carbocycles. The Morgan fingerprint density at radius 3 is 1.61 bits per heavy atom. The van der Waals surface area contributed by atoms with Gasteiger partial charge in [0.25, 0.3) is 0 Å². The molecule has 0 saturated heterocycles. The summed E-state index contributed by atoms with van der Waals surface area (Å²) in [6, 6.07) is 23.1.